The van der Waals surface area contributed by atoms with Gasteiger partial charge in [-0.05, 0) is 57.7 Å². The molecule has 1 fully saturated rings. The van der Waals surface area contributed by atoms with E-state index in [1.807, 2.05) is 26.2 Å². The number of nitrogens with one attached hydrogen (secondary N) is 2. The number of anilines is 1. The topological polar surface area (TPSA) is 44.4 Å². The van der Waals surface area contributed by atoms with E-state index in [2.05, 4.69) is 34.6 Å². The quantitative estimate of drug-likeness (QED) is 0.884. The molecular formula is C16H25N3O. The first-order valence-corrected chi connectivity index (χ1v) is 7.25. The minimum atomic E-state index is -0.243. The molecule has 4 nitrogen and oxygen atoms in total. The number of carbonyl (C=O) groups excluding carboxylic acids is 1. The maximum absolute atomic E-state index is 12.4. The fourth-order valence-electron chi connectivity index (χ4n) is 2.55. The van der Waals surface area contributed by atoms with Crippen molar-refractivity contribution < 1.29 is 4.79 Å². The van der Waals surface area contributed by atoms with E-state index >= 15 is 0 Å². The molecule has 1 saturated heterocycles. The van der Waals surface area contributed by atoms with Crippen LogP contribution in [0.4, 0.5) is 5.69 Å². The highest BCUT2D eigenvalue weighted by Crippen LogP contribution is 2.29. The second-order valence-corrected chi connectivity index (χ2v) is 6.20. The smallest absolute Gasteiger partial charge is 0.230 e. The average Bonchev–Trinajstić information content (AvgIpc) is 2.41. The van der Waals surface area contributed by atoms with Gasteiger partial charge in [0.05, 0.1) is 0 Å². The Hall–Kier alpha value is -1.39. The first-order chi connectivity index (χ1) is 9.49. The van der Waals surface area contributed by atoms with Gasteiger partial charge < -0.3 is 15.5 Å². The molecule has 2 rings (SSSR count). The third-order valence-electron chi connectivity index (χ3n) is 3.97. The van der Waals surface area contributed by atoms with Gasteiger partial charge in [0.1, 0.15) is 0 Å². The molecule has 4 heteroatoms. The van der Waals surface area contributed by atoms with E-state index in [9.17, 15) is 4.79 Å². The van der Waals surface area contributed by atoms with Crippen LogP contribution in [0.25, 0.3) is 0 Å². The Bertz CT molecular complexity index is 447. The zero-order valence-electron chi connectivity index (χ0n) is 12.7. The van der Waals surface area contributed by atoms with Gasteiger partial charge in [-0.2, -0.15) is 0 Å². The van der Waals surface area contributed by atoms with Crippen molar-refractivity contribution in [1.82, 2.24) is 10.2 Å². The predicted octanol–water partition coefficient (Wildman–Crippen LogP) is 2.08. The monoisotopic (exact) mass is 275 g/mol. The van der Waals surface area contributed by atoms with Crippen molar-refractivity contribution in [2.45, 2.75) is 26.3 Å². The maximum Gasteiger partial charge on any atom is 0.230 e. The number of benzene rings is 1. The lowest BCUT2D eigenvalue weighted by Crippen LogP contribution is -2.42. The van der Waals surface area contributed by atoms with Crippen LogP contribution in [-0.4, -0.2) is 38.0 Å². The summed E-state index contributed by atoms with van der Waals surface area (Å²) in [4.78, 5) is 14.5. The number of nitrogens with zero attached hydrogens (tertiary/aromatic N) is 1. The second-order valence-electron chi connectivity index (χ2n) is 6.20. The van der Waals surface area contributed by atoms with Gasteiger partial charge in [0.2, 0.25) is 5.91 Å². The zero-order valence-corrected chi connectivity index (χ0v) is 12.7. The van der Waals surface area contributed by atoms with E-state index in [0.717, 1.165) is 38.2 Å². The molecule has 0 atom stereocenters. The molecule has 1 aliphatic heterocycles. The number of piperidine rings is 1. The van der Waals surface area contributed by atoms with Crippen LogP contribution in [0.2, 0.25) is 0 Å². The van der Waals surface area contributed by atoms with Gasteiger partial charge in [0, 0.05) is 17.6 Å². The Kier molecular flexibility index (Phi) is 4.78. The molecule has 0 aliphatic carbocycles. The van der Waals surface area contributed by atoms with Gasteiger partial charge in [0.25, 0.3) is 0 Å². The van der Waals surface area contributed by atoms with Crippen molar-refractivity contribution in [2.75, 3.05) is 32.5 Å². The molecular weight excluding hydrogens is 250 g/mol. The Morgan fingerprint density at radius 3 is 2.40 bits per heavy atom. The van der Waals surface area contributed by atoms with Crippen LogP contribution in [0, 0.1) is 5.41 Å². The summed E-state index contributed by atoms with van der Waals surface area (Å²) in [5.41, 5.74) is 1.89. The van der Waals surface area contributed by atoms with Crippen molar-refractivity contribution in [2.24, 2.45) is 5.41 Å². The Labute approximate surface area is 121 Å². The Balaban J connectivity index is 1.97. The predicted molar refractivity (Wildman–Crippen MR) is 82.7 cm³/mol. The SMILES string of the molecule is CN(C)Cc1ccc(NC(=O)C2(C)CCNCC2)cc1. The molecule has 0 unspecified atom stereocenters. The number of carbonyl (C=O) groups is 1. The highest BCUT2D eigenvalue weighted by Gasteiger charge is 2.34. The number of hydrogen-bond donors (Lipinski definition) is 2. The zero-order chi connectivity index (χ0) is 14.6. The second kappa shape index (κ2) is 6.37. The molecule has 0 spiro atoms. The molecule has 1 aromatic carbocycles. The van der Waals surface area contributed by atoms with Crippen LogP contribution in [0.5, 0.6) is 0 Å². The molecule has 110 valence electrons. The fourth-order valence-corrected chi connectivity index (χ4v) is 2.55. The average molecular weight is 275 g/mol. The summed E-state index contributed by atoms with van der Waals surface area (Å²) in [5, 5.41) is 6.35. The Morgan fingerprint density at radius 2 is 1.85 bits per heavy atom. The first kappa shape index (κ1) is 15.0. The van der Waals surface area contributed by atoms with Crippen LogP contribution in [0.1, 0.15) is 25.3 Å². The lowest BCUT2D eigenvalue weighted by Gasteiger charge is -2.32. The van der Waals surface area contributed by atoms with Crippen LogP contribution in [0.15, 0.2) is 24.3 Å². The van der Waals surface area contributed by atoms with Crippen molar-refractivity contribution in [1.29, 1.82) is 0 Å². The van der Waals surface area contributed by atoms with Crippen molar-refractivity contribution in [3.63, 3.8) is 0 Å². The van der Waals surface area contributed by atoms with Crippen LogP contribution in [0.3, 0.4) is 0 Å². The minimum Gasteiger partial charge on any atom is -0.326 e. The van der Waals surface area contributed by atoms with Gasteiger partial charge in [-0.25, -0.2) is 0 Å². The largest absolute Gasteiger partial charge is 0.326 e. The highest BCUT2D eigenvalue weighted by atomic mass is 16.2. The van der Waals surface area contributed by atoms with E-state index in [-0.39, 0.29) is 11.3 Å². The summed E-state index contributed by atoms with van der Waals surface area (Å²) in [7, 11) is 4.10. The van der Waals surface area contributed by atoms with E-state index in [0.29, 0.717) is 0 Å². The van der Waals surface area contributed by atoms with E-state index in [1.165, 1.54) is 5.56 Å². The molecule has 2 N–H and O–H groups in total. The van der Waals surface area contributed by atoms with E-state index in [1.54, 1.807) is 0 Å². The summed E-state index contributed by atoms with van der Waals surface area (Å²) >= 11 is 0. The molecule has 0 saturated carbocycles. The molecule has 0 radical (unpaired) electrons. The summed E-state index contributed by atoms with van der Waals surface area (Å²) in [6.45, 7) is 4.82. The molecule has 1 heterocycles. The molecule has 1 amide bonds. The third kappa shape index (κ3) is 3.81. The fraction of sp³-hybridized carbons (Fsp3) is 0.562. The van der Waals surface area contributed by atoms with Crippen LogP contribution >= 0.6 is 0 Å². The summed E-state index contributed by atoms with van der Waals surface area (Å²) in [6, 6.07) is 8.11. The van der Waals surface area contributed by atoms with Crippen LogP contribution < -0.4 is 10.6 Å². The molecule has 1 aliphatic rings. The molecule has 1 aromatic rings. The number of rotatable bonds is 4. The summed E-state index contributed by atoms with van der Waals surface area (Å²) < 4.78 is 0. The van der Waals surface area contributed by atoms with E-state index < -0.39 is 0 Å². The number of hydrogen-bond acceptors (Lipinski definition) is 3. The van der Waals surface area contributed by atoms with Gasteiger partial charge in [-0.1, -0.05) is 19.1 Å². The lowest BCUT2D eigenvalue weighted by atomic mass is 9.80. The molecule has 0 bridgehead atoms. The highest BCUT2D eigenvalue weighted by molar-refractivity contribution is 5.95. The van der Waals surface area contributed by atoms with Crippen molar-refractivity contribution in [3.8, 4) is 0 Å². The third-order valence-corrected chi connectivity index (χ3v) is 3.97. The Morgan fingerprint density at radius 1 is 1.25 bits per heavy atom. The first-order valence-electron chi connectivity index (χ1n) is 7.25. The van der Waals surface area contributed by atoms with Gasteiger partial charge >= 0.3 is 0 Å². The van der Waals surface area contributed by atoms with Crippen LogP contribution in [-0.2, 0) is 11.3 Å². The van der Waals surface area contributed by atoms with Crippen molar-refractivity contribution >= 4 is 11.6 Å². The van der Waals surface area contributed by atoms with Crippen molar-refractivity contribution in [3.05, 3.63) is 29.8 Å². The normalized spacial score (nSPS) is 18.0. The maximum atomic E-state index is 12.4. The minimum absolute atomic E-state index is 0.138. The standard InChI is InChI=1S/C16H25N3O/c1-16(8-10-17-11-9-16)15(20)18-14-6-4-13(5-7-14)12-19(2)3/h4-7,17H,8-12H2,1-3H3,(H,18,20). The molecule has 20 heavy (non-hydrogen) atoms. The van der Waals surface area contributed by atoms with Gasteiger partial charge in [0.15, 0.2) is 0 Å². The van der Waals surface area contributed by atoms with Gasteiger partial charge in [-0.15, -0.1) is 0 Å². The van der Waals surface area contributed by atoms with E-state index in [4.69, 9.17) is 0 Å². The lowest BCUT2D eigenvalue weighted by molar-refractivity contribution is -0.126. The molecule has 0 aromatic heterocycles. The van der Waals surface area contributed by atoms with Gasteiger partial charge in [-0.3, -0.25) is 4.79 Å². The number of amides is 1. The summed E-state index contributed by atoms with van der Waals surface area (Å²) in [5.74, 6) is 0.138. The summed E-state index contributed by atoms with van der Waals surface area (Å²) in [6.07, 6.45) is 1.80.